The standard InChI is InChI=1S/C17H19N7O2/c1-9-15(10(2)24-16(22(9)3)19-20-21-24)14(25)8-11-5-6-12-13(7-11)23(4)17(26)18-12/h5-7,10H,8H2,1-4H3,(H,18,26)/t10-/m1/s1. The Morgan fingerprint density at radius 3 is 2.85 bits per heavy atom. The molecule has 3 heterocycles. The van der Waals surface area contributed by atoms with Gasteiger partial charge < -0.3 is 9.88 Å². The molecule has 0 radical (unpaired) electrons. The van der Waals surface area contributed by atoms with Crippen LogP contribution < -0.4 is 10.6 Å². The minimum absolute atomic E-state index is 0.0166. The van der Waals surface area contributed by atoms with Crippen molar-refractivity contribution >= 4 is 22.8 Å². The van der Waals surface area contributed by atoms with Gasteiger partial charge in [-0.1, -0.05) is 11.2 Å². The molecule has 26 heavy (non-hydrogen) atoms. The number of anilines is 1. The van der Waals surface area contributed by atoms with E-state index in [0.29, 0.717) is 11.5 Å². The predicted molar refractivity (Wildman–Crippen MR) is 95.9 cm³/mol. The van der Waals surface area contributed by atoms with Crippen molar-refractivity contribution in [2.75, 3.05) is 11.9 Å². The highest BCUT2D eigenvalue weighted by Gasteiger charge is 2.32. The number of ketones is 1. The number of Topliss-reactive ketones (excluding diaryl/α,β-unsaturated/α-hetero) is 1. The second kappa shape index (κ2) is 5.65. The maximum Gasteiger partial charge on any atom is 0.326 e. The molecule has 0 saturated heterocycles. The summed E-state index contributed by atoms with van der Waals surface area (Å²) < 4.78 is 3.19. The van der Waals surface area contributed by atoms with Crippen LogP contribution >= 0.6 is 0 Å². The van der Waals surface area contributed by atoms with Gasteiger partial charge in [-0.05, 0) is 42.0 Å². The number of aromatic amines is 1. The number of carbonyl (C=O) groups is 1. The van der Waals surface area contributed by atoms with Gasteiger partial charge in [0.1, 0.15) is 0 Å². The number of rotatable bonds is 3. The van der Waals surface area contributed by atoms with E-state index >= 15 is 0 Å². The largest absolute Gasteiger partial charge is 0.326 e. The van der Waals surface area contributed by atoms with Crippen LogP contribution in [0.5, 0.6) is 0 Å². The minimum atomic E-state index is -0.232. The smallest absolute Gasteiger partial charge is 0.316 e. The van der Waals surface area contributed by atoms with E-state index < -0.39 is 0 Å². The van der Waals surface area contributed by atoms with E-state index in [1.807, 2.05) is 44.0 Å². The van der Waals surface area contributed by atoms with Gasteiger partial charge in [0.25, 0.3) is 0 Å². The Labute approximate surface area is 148 Å². The lowest BCUT2D eigenvalue weighted by atomic mass is 9.95. The summed E-state index contributed by atoms with van der Waals surface area (Å²) in [5.74, 6) is 0.637. The lowest BCUT2D eigenvalue weighted by molar-refractivity contribution is -0.115. The fraction of sp³-hybridized carbons (Fsp3) is 0.353. The first kappa shape index (κ1) is 16.2. The number of H-pyrrole nitrogens is 1. The molecule has 134 valence electrons. The van der Waals surface area contributed by atoms with Crippen LogP contribution in [0.2, 0.25) is 0 Å². The quantitative estimate of drug-likeness (QED) is 0.752. The molecule has 0 saturated carbocycles. The maximum atomic E-state index is 13.0. The highest BCUT2D eigenvalue weighted by atomic mass is 16.1. The van der Waals surface area contributed by atoms with Gasteiger partial charge in [0, 0.05) is 31.8 Å². The van der Waals surface area contributed by atoms with E-state index in [1.165, 1.54) is 4.57 Å². The summed E-state index contributed by atoms with van der Waals surface area (Å²) in [6.07, 6.45) is 0.248. The van der Waals surface area contributed by atoms with Gasteiger partial charge >= 0.3 is 5.69 Å². The lowest BCUT2D eigenvalue weighted by Gasteiger charge is -2.30. The third-order valence-corrected chi connectivity index (χ3v) is 5.09. The van der Waals surface area contributed by atoms with Gasteiger partial charge in [-0.25, -0.2) is 9.48 Å². The van der Waals surface area contributed by atoms with Crippen molar-refractivity contribution in [3.63, 3.8) is 0 Å². The molecule has 0 aliphatic carbocycles. The number of imidazole rings is 1. The van der Waals surface area contributed by atoms with Gasteiger partial charge in [-0.2, -0.15) is 0 Å². The third kappa shape index (κ3) is 2.27. The van der Waals surface area contributed by atoms with Crippen LogP contribution in [0, 0.1) is 0 Å². The first-order valence-electron chi connectivity index (χ1n) is 8.31. The summed E-state index contributed by atoms with van der Waals surface area (Å²) in [6, 6.07) is 5.34. The summed E-state index contributed by atoms with van der Waals surface area (Å²) in [4.78, 5) is 29.4. The fourth-order valence-corrected chi connectivity index (χ4v) is 3.51. The molecule has 0 amide bonds. The Kier molecular flexibility index (Phi) is 3.53. The normalized spacial score (nSPS) is 17.1. The predicted octanol–water partition coefficient (Wildman–Crippen LogP) is 0.950. The van der Waals surface area contributed by atoms with Crippen molar-refractivity contribution in [3.05, 3.63) is 45.5 Å². The molecule has 1 aliphatic heterocycles. The lowest BCUT2D eigenvalue weighted by Crippen LogP contribution is -2.33. The van der Waals surface area contributed by atoms with E-state index in [-0.39, 0.29) is 23.9 Å². The van der Waals surface area contributed by atoms with Crippen LogP contribution in [-0.4, -0.2) is 42.6 Å². The molecular weight excluding hydrogens is 334 g/mol. The first-order chi connectivity index (χ1) is 12.4. The minimum Gasteiger partial charge on any atom is -0.316 e. The van der Waals surface area contributed by atoms with Gasteiger partial charge in [0.15, 0.2) is 5.78 Å². The Morgan fingerprint density at radius 1 is 1.31 bits per heavy atom. The Morgan fingerprint density at radius 2 is 2.08 bits per heavy atom. The third-order valence-electron chi connectivity index (χ3n) is 5.09. The molecule has 9 nitrogen and oxygen atoms in total. The van der Waals surface area contributed by atoms with Crippen LogP contribution in [0.4, 0.5) is 5.95 Å². The van der Waals surface area contributed by atoms with Gasteiger partial charge in [0.05, 0.1) is 17.1 Å². The topological polar surface area (TPSA) is 102 Å². The van der Waals surface area contributed by atoms with E-state index in [4.69, 9.17) is 0 Å². The van der Waals surface area contributed by atoms with Gasteiger partial charge in [-0.15, -0.1) is 0 Å². The Hall–Kier alpha value is -3.23. The van der Waals surface area contributed by atoms with Gasteiger partial charge in [-0.3, -0.25) is 9.36 Å². The molecule has 0 unspecified atom stereocenters. The number of hydrogen-bond acceptors (Lipinski definition) is 6. The number of tetrazole rings is 1. The summed E-state index contributed by atoms with van der Waals surface area (Å²) in [5.41, 5.74) is 3.76. The van der Waals surface area contributed by atoms with Crippen molar-refractivity contribution in [2.45, 2.75) is 26.3 Å². The molecule has 1 atom stereocenters. The number of carbonyl (C=O) groups excluding carboxylic acids is 1. The molecule has 0 spiro atoms. The number of hydrogen-bond donors (Lipinski definition) is 1. The Bertz CT molecular complexity index is 1120. The van der Waals surface area contributed by atoms with Crippen molar-refractivity contribution in [2.24, 2.45) is 7.05 Å². The second-order valence-corrected chi connectivity index (χ2v) is 6.60. The van der Waals surface area contributed by atoms with E-state index in [1.54, 1.807) is 11.7 Å². The molecule has 9 heteroatoms. The molecule has 0 fully saturated rings. The SMILES string of the molecule is CC1=C(C(=O)Cc2ccc3[nH]c(=O)n(C)c3c2)[C@@H](C)n2nnnc2N1C. The van der Waals surface area contributed by atoms with Gasteiger partial charge in [0.2, 0.25) is 5.95 Å². The fourth-order valence-electron chi connectivity index (χ4n) is 3.51. The van der Waals surface area contributed by atoms with Crippen LogP contribution in [0.1, 0.15) is 25.5 Å². The highest BCUT2D eigenvalue weighted by Crippen LogP contribution is 2.32. The molecule has 1 N–H and O–H groups in total. The monoisotopic (exact) mass is 353 g/mol. The average Bonchev–Trinajstić information content (AvgIpc) is 3.20. The average molecular weight is 353 g/mol. The molecule has 1 aliphatic rings. The number of benzene rings is 1. The number of nitrogens with zero attached hydrogens (tertiary/aromatic N) is 6. The number of nitrogens with one attached hydrogen (secondary N) is 1. The van der Waals surface area contributed by atoms with Crippen LogP contribution in [-0.2, 0) is 18.3 Å². The van der Waals surface area contributed by atoms with Crippen LogP contribution in [0.3, 0.4) is 0 Å². The summed E-state index contributed by atoms with van der Waals surface area (Å²) in [6.45, 7) is 3.82. The molecule has 3 aromatic rings. The number of fused-ring (bicyclic) bond motifs is 2. The number of aromatic nitrogens is 6. The van der Waals surface area contributed by atoms with Crippen molar-refractivity contribution in [3.8, 4) is 0 Å². The van der Waals surface area contributed by atoms with Crippen LogP contribution in [0.15, 0.2) is 34.3 Å². The highest BCUT2D eigenvalue weighted by molar-refractivity contribution is 5.99. The zero-order valence-corrected chi connectivity index (χ0v) is 15.0. The van der Waals surface area contributed by atoms with Crippen molar-refractivity contribution in [1.82, 2.24) is 29.8 Å². The molecule has 2 aromatic heterocycles. The summed E-state index contributed by atoms with van der Waals surface area (Å²) in [7, 11) is 3.55. The van der Waals surface area contributed by atoms with Crippen molar-refractivity contribution in [1.29, 1.82) is 0 Å². The molecule has 0 bridgehead atoms. The van der Waals surface area contributed by atoms with E-state index in [9.17, 15) is 9.59 Å². The Balaban J connectivity index is 1.69. The zero-order chi connectivity index (χ0) is 18.6. The van der Waals surface area contributed by atoms with E-state index in [2.05, 4.69) is 20.5 Å². The maximum absolute atomic E-state index is 13.0. The molecule has 4 rings (SSSR count). The zero-order valence-electron chi connectivity index (χ0n) is 15.0. The van der Waals surface area contributed by atoms with Crippen molar-refractivity contribution < 1.29 is 4.79 Å². The molecular formula is C17H19N7O2. The first-order valence-corrected chi connectivity index (χ1v) is 8.31. The number of aryl methyl sites for hydroxylation is 1. The summed E-state index contributed by atoms with van der Waals surface area (Å²) >= 11 is 0. The summed E-state index contributed by atoms with van der Waals surface area (Å²) in [5, 5.41) is 11.7. The van der Waals surface area contributed by atoms with E-state index in [0.717, 1.165) is 22.3 Å². The second-order valence-electron chi connectivity index (χ2n) is 6.60. The number of allylic oxidation sites excluding steroid dienone is 2. The van der Waals surface area contributed by atoms with Crippen LogP contribution in [0.25, 0.3) is 11.0 Å². The molecule has 1 aromatic carbocycles.